The Hall–Kier alpha value is -0.540. The van der Waals surface area contributed by atoms with E-state index in [-0.39, 0.29) is 0 Å². The maximum atomic E-state index is 5.21. The zero-order chi connectivity index (χ0) is 10.7. The molecule has 1 fully saturated rings. The first-order chi connectivity index (χ1) is 7.29. The molecule has 2 nitrogen and oxygen atoms in total. The summed E-state index contributed by atoms with van der Waals surface area (Å²) in [6.45, 7) is 1.17. The van der Waals surface area contributed by atoms with E-state index in [0.29, 0.717) is 6.04 Å². The third-order valence-corrected chi connectivity index (χ3v) is 3.48. The number of methoxy groups -OCH3 is 1. The van der Waals surface area contributed by atoms with Crippen LogP contribution in [0.1, 0.15) is 18.4 Å². The van der Waals surface area contributed by atoms with Crippen LogP contribution in [0.25, 0.3) is 0 Å². The zero-order valence-electron chi connectivity index (χ0n) is 8.92. The van der Waals surface area contributed by atoms with E-state index in [2.05, 4.69) is 33.4 Å². The molecule has 1 heterocycles. The van der Waals surface area contributed by atoms with Gasteiger partial charge in [-0.05, 0) is 59.4 Å². The quantitative estimate of drug-likeness (QED) is 0.911. The summed E-state index contributed by atoms with van der Waals surface area (Å²) in [5.41, 5.74) is 1.36. The molecule has 2 rings (SSSR count). The second-order valence-electron chi connectivity index (χ2n) is 3.97. The topological polar surface area (TPSA) is 21.3 Å². The average Bonchev–Trinajstić information content (AvgIpc) is 2.71. The van der Waals surface area contributed by atoms with Gasteiger partial charge in [-0.1, -0.05) is 6.07 Å². The monoisotopic (exact) mass is 269 g/mol. The second kappa shape index (κ2) is 4.99. The van der Waals surface area contributed by atoms with Gasteiger partial charge in [0.25, 0.3) is 0 Å². The Balaban J connectivity index is 2.05. The lowest BCUT2D eigenvalue weighted by molar-refractivity contribution is 0.412. The van der Waals surface area contributed by atoms with E-state index >= 15 is 0 Å². The van der Waals surface area contributed by atoms with Crippen molar-refractivity contribution in [2.75, 3.05) is 13.7 Å². The molecule has 15 heavy (non-hydrogen) atoms. The van der Waals surface area contributed by atoms with E-state index in [0.717, 1.165) is 16.6 Å². The minimum atomic E-state index is 0.658. The summed E-state index contributed by atoms with van der Waals surface area (Å²) >= 11 is 3.51. The standard InChI is InChI=1S/C12H16BrNO/c1-15-12-5-4-9(8-11(12)13)7-10-3-2-6-14-10/h4-5,8,10,14H,2-3,6-7H2,1H3. The molecule has 0 saturated carbocycles. The molecule has 0 aliphatic carbocycles. The molecule has 0 bridgehead atoms. The summed E-state index contributed by atoms with van der Waals surface area (Å²) in [7, 11) is 1.69. The van der Waals surface area contributed by atoms with Crippen molar-refractivity contribution in [3.63, 3.8) is 0 Å². The van der Waals surface area contributed by atoms with Crippen molar-refractivity contribution in [3.8, 4) is 5.75 Å². The Morgan fingerprint density at radius 1 is 1.53 bits per heavy atom. The summed E-state index contributed by atoms with van der Waals surface area (Å²) in [4.78, 5) is 0. The van der Waals surface area contributed by atoms with Crippen molar-refractivity contribution in [2.45, 2.75) is 25.3 Å². The average molecular weight is 270 g/mol. The van der Waals surface area contributed by atoms with Crippen LogP contribution < -0.4 is 10.1 Å². The zero-order valence-corrected chi connectivity index (χ0v) is 10.5. The fraction of sp³-hybridized carbons (Fsp3) is 0.500. The maximum absolute atomic E-state index is 5.21. The molecule has 1 aromatic rings. The minimum absolute atomic E-state index is 0.658. The Labute approximate surface area is 99.1 Å². The SMILES string of the molecule is COc1ccc(CC2CCCN2)cc1Br. The van der Waals surface area contributed by atoms with Gasteiger partial charge in [-0.15, -0.1) is 0 Å². The largest absolute Gasteiger partial charge is 0.496 e. The van der Waals surface area contributed by atoms with E-state index < -0.39 is 0 Å². The number of rotatable bonds is 3. The molecular formula is C12H16BrNO. The van der Waals surface area contributed by atoms with Crippen LogP contribution >= 0.6 is 15.9 Å². The molecule has 1 aromatic carbocycles. The normalized spacial score (nSPS) is 20.5. The molecule has 0 radical (unpaired) electrons. The maximum Gasteiger partial charge on any atom is 0.133 e. The lowest BCUT2D eigenvalue weighted by Gasteiger charge is -2.11. The number of halogens is 1. The third-order valence-electron chi connectivity index (χ3n) is 2.86. The van der Waals surface area contributed by atoms with Crippen LogP contribution in [0.5, 0.6) is 5.75 Å². The van der Waals surface area contributed by atoms with Gasteiger partial charge in [-0.3, -0.25) is 0 Å². The summed E-state index contributed by atoms with van der Waals surface area (Å²) in [5, 5.41) is 3.51. The predicted octanol–water partition coefficient (Wildman–Crippen LogP) is 2.75. The molecule has 1 N–H and O–H groups in total. The highest BCUT2D eigenvalue weighted by Gasteiger charge is 2.14. The highest BCUT2D eigenvalue weighted by molar-refractivity contribution is 9.10. The molecule has 0 aromatic heterocycles. The van der Waals surface area contributed by atoms with Gasteiger partial charge >= 0.3 is 0 Å². The molecule has 1 unspecified atom stereocenters. The van der Waals surface area contributed by atoms with E-state index in [1.807, 2.05) is 6.07 Å². The number of benzene rings is 1. The van der Waals surface area contributed by atoms with Gasteiger partial charge in [0.15, 0.2) is 0 Å². The van der Waals surface area contributed by atoms with Gasteiger partial charge in [-0.2, -0.15) is 0 Å². The van der Waals surface area contributed by atoms with Crippen LogP contribution in [0.2, 0.25) is 0 Å². The first kappa shape index (κ1) is 11.0. The van der Waals surface area contributed by atoms with E-state index in [9.17, 15) is 0 Å². The molecule has 0 amide bonds. The van der Waals surface area contributed by atoms with Crippen molar-refractivity contribution in [1.82, 2.24) is 5.32 Å². The fourth-order valence-electron chi connectivity index (χ4n) is 2.05. The Bertz CT molecular complexity index is 334. The predicted molar refractivity (Wildman–Crippen MR) is 65.4 cm³/mol. The molecule has 3 heteroatoms. The lowest BCUT2D eigenvalue weighted by atomic mass is 10.0. The Kier molecular flexibility index (Phi) is 3.65. The Morgan fingerprint density at radius 2 is 2.40 bits per heavy atom. The van der Waals surface area contributed by atoms with Crippen LogP contribution in [0, 0.1) is 0 Å². The van der Waals surface area contributed by atoms with Gasteiger partial charge in [0, 0.05) is 6.04 Å². The van der Waals surface area contributed by atoms with Crippen molar-refractivity contribution >= 4 is 15.9 Å². The van der Waals surface area contributed by atoms with Crippen molar-refractivity contribution in [1.29, 1.82) is 0 Å². The molecule has 1 aliphatic rings. The second-order valence-corrected chi connectivity index (χ2v) is 4.82. The first-order valence-electron chi connectivity index (χ1n) is 5.35. The molecule has 1 atom stereocenters. The van der Waals surface area contributed by atoms with Crippen molar-refractivity contribution < 1.29 is 4.74 Å². The van der Waals surface area contributed by atoms with E-state index in [4.69, 9.17) is 4.74 Å². The molecule has 1 saturated heterocycles. The van der Waals surface area contributed by atoms with E-state index in [1.165, 1.54) is 24.9 Å². The number of nitrogens with one attached hydrogen (secondary N) is 1. The molecule has 1 aliphatic heterocycles. The molecular weight excluding hydrogens is 254 g/mol. The summed E-state index contributed by atoms with van der Waals surface area (Å²) in [5.74, 6) is 0.901. The molecule has 0 spiro atoms. The van der Waals surface area contributed by atoms with Gasteiger partial charge in [0.05, 0.1) is 11.6 Å². The number of hydrogen-bond donors (Lipinski definition) is 1. The number of ether oxygens (including phenoxy) is 1. The smallest absolute Gasteiger partial charge is 0.133 e. The highest BCUT2D eigenvalue weighted by Crippen LogP contribution is 2.26. The van der Waals surface area contributed by atoms with Crippen LogP contribution in [0.3, 0.4) is 0 Å². The summed E-state index contributed by atoms with van der Waals surface area (Å²) < 4.78 is 6.25. The number of hydrogen-bond acceptors (Lipinski definition) is 2. The summed E-state index contributed by atoms with van der Waals surface area (Å²) in [6, 6.07) is 6.97. The lowest BCUT2D eigenvalue weighted by Crippen LogP contribution is -2.23. The van der Waals surface area contributed by atoms with Crippen LogP contribution in [-0.4, -0.2) is 19.7 Å². The summed E-state index contributed by atoms with van der Waals surface area (Å²) in [6.07, 6.45) is 3.72. The van der Waals surface area contributed by atoms with Gasteiger partial charge in [-0.25, -0.2) is 0 Å². The van der Waals surface area contributed by atoms with Crippen LogP contribution in [0.4, 0.5) is 0 Å². The van der Waals surface area contributed by atoms with Crippen molar-refractivity contribution in [2.24, 2.45) is 0 Å². The fourth-order valence-corrected chi connectivity index (χ4v) is 2.64. The first-order valence-corrected chi connectivity index (χ1v) is 6.14. The van der Waals surface area contributed by atoms with Crippen molar-refractivity contribution in [3.05, 3.63) is 28.2 Å². The minimum Gasteiger partial charge on any atom is -0.496 e. The Morgan fingerprint density at radius 3 is 3.00 bits per heavy atom. The third kappa shape index (κ3) is 2.73. The van der Waals surface area contributed by atoms with Gasteiger partial charge < -0.3 is 10.1 Å². The van der Waals surface area contributed by atoms with Crippen LogP contribution in [-0.2, 0) is 6.42 Å². The van der Waals surface area contributed by atoms with Crippen LogP contribution in [0.15, 0.2) is 22.7 Å². The highest BCUT2D eigenvalue weighted by atomic mass is 79.9. The molecule has 82 valence electrons. The van der Waals surface area contributed by atoms with Gasteiger partial charge in [0.2, 0.25) is 0 Å². The van der Waals surface area contributed by atoms with Gasteiger partial charge in [0.1, 0.15) is 5.75 Å². The van der Waals surface area contributed by atoms with E-state index in [1.54, 1.807) is 7.11 Å².